The molecule has 0 spiro atoms. The van der Waals surface area contributed by atoms with Gasteiger partial charge in [-0.1, -0.05) is 23.7 Å². The fourth-order valence-corrected chi connectivity index (χ4v) is 3.22. The zero-order chi connectivity index (χ0) is 14.7. The Morgan fingerprint density at radius 3 is 2.71 bits per heavy atom. The molecular formula is C15H16ClN3OS. The number of thiazole rings is 1. The van der Waals surface area contributed by atoms with Gasteiger partial charge < -0.3 is 10.6 Å². The van der Waals surface area contributed by atoms with Gasteiger partial charge in [-0.3, -0.25) is 4.79 Å². The number of anilines is 1. The van der Waals surface area contributed by atoms with Gasteiger partial charge in [0.05, 0.1) is 5.69 Å². The molecule has 1 aliphatic heterocycles. The minimum absolute atomic E-state index is 0.0773. The van der Waals surface area contributed by atoms with Gasteiger partial charge >= 0.3 is 0 Å². The summed E-state index contributed by atoms with van der Waals surface area (Å²) in [6, 6.07) is 7.53. The van der Waals surface area contributed by atoms with Crippen LogP contribution in [0.1, 0.15) is 12.8 Å². The van der Waals surface area contributed by atoms with Crippen molar-refractivity contribution in [1.29, 1.82) is 0 Å². The largest absolute Gasteiger partial charge is 0.317 e. The van der Waals surface area contributed by atoms with Crippen molar-refractivity contribution in [3.05, 3.63) is 34.7 Å². The Labute approximate surface area is 132 Å². The first-order valence-electron chi connectivity index (χ1n) is 6.95. The van der Waals surface area contributed by atoms with Crippen molar-refractivity contribution in [1.82, 2.24) is 10.3 Å². The zero-order valence-corrected chi connectivity index (χ0v) is 13.0. The van der Waals surface area contributed by atoms with E-state index in [9.17, 15) is 4.79 Å². The summed E-state index contributed by atoms with van der Waals surface area (Å²) in [4.78, 5) is 16.6. The first-order valence-corrected chi connectivity index (χ1v) is 8.21. The first kappa shape index (κ1) is 14.5. The van der Waals surface area contributed by atoms with Crippen molar-refractivity contribution >= 4 is 34.0 Å². The molecule has 4 nitrogen and oxygen atoms in total. The molecule has 0 radical (unpaired) electrons. The highest BCUT2D eigenvalue weighted by atomic mass is 35.5. The molecule has 0 bridgehead atoms. The van der Waals surface area contributed by atoms with E-state index in [0.29, 0.717) is 10.2 Å². The normalized spacial score (nSPS) is 15.9. The molecule has 6 heteroatoms. The summed E-state index contributed by atoms with van der Waals surface area (Å²) in [5.74, 6) is 0.169. The van der Waals surface area contributed by atoms with E-state index in [-0.39, 0.29) is 11.8 Å². The van der Waals surface area contributed by atoms with E-state index in [0.717, 1.165) is 37.2 Å². The van der Waals surface area contributed by atoms with Crippen molar-refractivity contribution in [3.63, 3.8) is 0 Å². The van der Waals surface area contributed by atoms with Gasteiger partial charge in [-0.05, 0) is 38.1 Å². The highest BCUT2D eigenvalue weighted by Crippen LogP contribution is 2.26. The maximum absolute atomic E-state index is 12.2. The Balaban J connectivity index is 1.67. The van der Waals surface area contributed by atoms with E-state index >= 15 is 0 Å². The Morgan fingerprint density at radius 2 is 2.00 bits per heavy atom. The monoisotopic (exact) mass is 321 g/mol. The number of aromatic nitrogens is 1. The second-order valence-electron chi connectivity index (χ2n) is 5.06. The summed E-state index contributed by atoms with van der Waals surface area (Å²) in [5, 5.41) is 9.49. The van der Waals surface area contributed by atoms with Crippen LogP contribution >= 0.6 is 22.9 Å². The number of hydrogen-bond acceptors (Lipinski definition) is 4. The summed E-state index contributed by atoms with van der Waals surface area (Å²) >= 11 is 7.33. The Hall–Kier alpha value is -1.43. The first-order chi connectivity index (χ1) is 10.2. The summed E-state index contributed by atoms with van der Waals surface area (Å²) in [7, 11) is 0. The Morgan fingerprint density at radius 1 is 1.29 bits per heavy atom. The second kappa shape index (κ2) is 6.56. The minimum atomic E-state index is 0.0773. The maximum atomic E-state index is 12.2. The number of carbonyl (C=O) groups excluding carboxylic acids is 1. The lowest BCUT2D eigenvalue weighted by Crippen LogP contribution is -2.34. The molecule has 0 saturated carbocycles. The van der Waals surface area contributed by atoms with Gasteiger partial charge in [0.25, 0.3) is 0 Å². The van der Waals surface area contributed by atoms with Gasteiger partial charge in [0.2, 0.25) is 5.91 Å². The number of amides is 1. The Kier molecular flexibility index (Phi) is 4.53. The van der Waals surface area contributed by atoms with Gasteiger partial charge in [-0.25, -0.2) is 4.98 Å². The van der Waals surface area contributed by atoms with Crippen LogP contribution in [0.5, 0.6) is 0 Å². The van der Waals surface area contributed by atoms with E-state index in [2.05, 4.69) is 15.6 Å². The molecule has 3 rings (SSSR count). The number of hydrogen-bond donors (Lipinski definition) is 2. The second-order valence-corrected chi connectivity index (χ2v) is 6.35. The van der Waals surface area contributed by atoms with Gasteiger partial charge in [-0.2, -0.15) is 0 Å². The van der Waals surface area contributed by atoms with Crippen LogP contribution in [0.2, 0.25) is 5.02 Å². The number of nitrogens with zero attached hydrogens (tertiary/aromatic N) is 1. The molecule has 0 atom stereocenters. The van der Waals surface area contributed by atoms with Crippen LogP contribution in [-0.4, -0.2) is 24.0 Å². The molecule has 2 heterocycles. The number of piperidine rings is 1. The Bertz CT molecular complexity index is 620. The molecule has 2 aromatic rings. The average molecular weight is 322 g/mol. The molecule has 2 N–H and O–H groups in total. The van der Waals surface area contributed by atoms with Crippen LogP contribution in [0.4, 0.5) is 5.13 Å². The third kappa shape index (κ3) is 3.61. The van der Waals surface area contributed by atoms with Crippen LogP contribution < -0.4 is 10.6 Å². The van der Waals surface area contributed by atoms with Gasteiger partial charge in [0.1, 0.15) is 0 Å². The van der Waals surface area contributed by atoms with Gasteiger partial charge in [0, 0.05) is 21.9 Å². The number of benzene rings is 1. The van der Waals surface area contributed by atoms with E-state index in [4.69, 9.17) is 11.6 Å². The molecule has 1 aromatic carbocycles. The van der Waals surface area contributed by atoms with Crippen molar-refractivity contribution < 1.29 is 4.79 Å². The predicted molar refractivity (Wildman–Crippen MR) is 86.8 cm³/mol. The lowest BCUT2D eigenvalue weighted by atomic mass is 9.97. The van der Waals surface area contributed by atoms with E-state index in [1.54, 1.807) is 0 Å². The summed E-state index contributed by atoms with van der Waals surface area (Å²) in [6.45, 7) is 1.82. The topological polar surface area (TPSA) is 54.0 Å². The average Bonchev–Trinajstić information content (AvgIpc) is 2.97. The molecule has 1 amide bonds. The summed E-state index contributed by atoms with van der Waals surface area (Å²) < 4.78 is 0. The van der Waals surface area contributed by atoms with Gasteiger partial charge in [0.15, 0.2) is 5.13 Å². The lowest BCUT2D eigenvalue weighted by Gasteiger charge is -2.20. The molecule has 1 saturated heterocycles. The van der Waals surface area contributed by atoms with Crippen LogP contribution in [0.3, 0.4) is 0 Å². The van der Waals surface area contributed by atoms with E-state index in [1.807, 2.05) is 29.6 Å². The molecular weight excluding hydrogens is 306 g/mol. The van der Waals surface area contributed by atoms with E-state index in [1.165, 1.54) is 11.3 Å². The molecule has 0 aliphatic carbocycles. The van der Waals surface area contributed by atoms with E-state index < -0.39 is 0 Å². The highest BCUT2D eigenvalue weighted by molar-refractivity contribution is 7.14. The van der Waals surface area contributed by atoms with Crippen LogP contribution in [0, 0.1) is 5.92 Å². The number of rotatable bonds is 3. The fourth-order valence-electron chi connectivity index (χ4n) is 2.38. The zero-order valence-electron chi connectivity index (χ0n) is 11.4. The quantitative estimate of drug-likeness (QED) is 0.911. The number of nitrogens with one attached hydrogen (secondary N) is 2. The van der Waals surface area contributed by atoms with Crippen molar-refractivity contribution in [2.24, 2.45) is 5.92 Å². The smallest absolute Gasteiger partial charge is 0.229 e. The molecule has 1 aromatic heterocycles. The third-order valence-electron chi connectivity index (χ3n) is 3.58. The van der Waals surface area contributed by atoms with Crippen LogP contribution in [-0.2, 0) is 4.79 Å². The number of carbonyl (C=O) groups is 1. The van der Waals surface area contributed by atoms with Crippen molar-refractivity contribution in [3.8, 4) is 11.3 Å². The van der Waals surface area contributed by atoms with Crippen molar-refractivity contribution in [2.45, 2.75) is 12.8 Å². The number of halogens is 1. The SMILES string of the molecule is O=C(Nc1nc(-c2ccc(Cl)cc2)cs1)C1CCNCC1. The van der Waals surface area contributed by atoms with Crippen molar-refractivity contribution in [2.75, 3.05) is 18.4 Å². The molecule has 0 unspecified atom stereocenters. The maximum Gasteiger partial charge on any atom is 0.229 e. The molecule has 1 aliphatic rings. The third-order valence-corrected chi connectivity index (χ3v) is 4.59. The fraction of sp³-hybridized carbons (Fsp3) is 0.333. The lowest BCUT2D eigenvalue weighted by molar-refractivity contribution is -0.120. The highest BCUT2D eigenvalue weighted by Gasteiger charge is 2.21. The van der Waals surface area contributed by atoms with Gasteiger partial charge in [-0.15, -0.1) is 11.3 Å². The molecule has 21 heavy (non-hydrogen) atoms. The summed E-state index contributed by atoms with van der Waals surface area (Å²) in [6.07, 6.45) is 1.78. The minimum Gasteiger partial charge on any atom is -0.317 e. The molecule has 110 valence electrons. The summed E-state index contributed by atoms with van der Waals surface area (Å²) in [5.41, 5.74) is 1.86. The van der Waals surface area contributed by atoms with Crippen LogP contribution in [0.25, 0.3) is 11.3 Å². The van der Waals surface area contributed by atoms with Crippen LogP contribution in [0.15, 0.2) is 29.6 Å². The predicted octanol–water partition coefficient (Wildman–Crippen LogP) is 3.40. The standard InChI is InChI=1S/C15H16ClN3OS/c16-12-3-1-10(2-4-12)13-9-21-15(18-13)19-14(20)11-5-7-17-8-6-11/h1-4,9,11,17H,5-8H2,(H,18,19,20). The molecule has 1 fully saturated rings.